The molecule has 3 N–H and O–H groups in total. The molecular weight excluding hydrogens is 470 g/mol. The van der Waals surface area contributed by atoms with E-state index in [4.69, 9.17) is 14.8 Å². The van der Waals surface area contributed by atoms with Crippen LogP contribution in [0.5, 0.6) is 0 Å². The second-order valence-corrected chi connectivity index (χ2v) is 9.26. The summed E-state index contributed by atoms with van der Waals surface area (Å²) in [6.07, 6.45) is 5.24. The van der Waals surface area contributed by atoms with Crippen LogP contribution < -0.4 is 15.8 Å². The molecule has 0 amide bonds. The molecule has 6 rings (SSSR count). The van der Waals surface area contributed by atoms with Gasteiger partial charge in [-0.2, -0.15) is 5.10 Å². The van der Waals surface area contributed by atoms with Crippen LogP contribution in [0.2, 0.25) is 0 Å². The molecule has 5 aromatic rings. The molecule has 37 heavy (non-hydrogen) atoms. The SMILES string of the molecule is CCn1cc2[nH]c(=O)c(-c3nc4cc(C)c(N5CCOCC5)cc4[nH]3)c(N[C@@H](C)c3ncccn3)c2n1. The summed E-state index contributed by atoms with van der Waals surface area (Å²) in [5.41, 5.74) is 5.99. The third kappa shape index (κ3) is 4.20. The van der Waals surface area contributed by atoms with E-state index in [0.29, 0.717) is 53.7 Å². The highest BCUT2D eigenvalue weighted by Crippen LogP contribution is 2.34. The molecule has 0 unspecified atom stereocenters. The summed E-state index contributed by atoms with van der Waals surface area (Å²) in [7, 11) is 0. The molecule has 1 aliphatic heterocycles. The number of rotatable bonds is 6. The van der Waals surface area contributed by atoms with E-state index in [-0.39, 0.29) is 11.6 Å². The zero-order valence-electron chi connectivity index (χ0n) is 21.1. The lowest BCUT2D eigenvalue weighted by molar-refractivity contribution is 0.122. The second-order valence-electron chi connectivity index (χ2n) is 9.26. The fourth-order valence-electron chi connectivity index (χ4n) is 4.87. The Morgan fingerprint density at radius 2 is 1.92 bits per heavy atom. The van der Waals surface area contributed by atoms with Crippen LogP contribution in [-0.2, 0) is 11.3 Å². The van der Waals surface area contributed by atoms with E-state index in [0.717, 1.165) is 35.4 Å². The number of hydrogen-bond acceptors (Lipinski definition) is 8. The van der Waals surface area contributed by atoms with Gasteiger partial charge in [-0.15, -0.1) is 0 Å². The topological polar surface area (TPSA) is 130 Å². The van der Waals surface area contributed by atoms with E-state index >= 15 is 0 Å². The minimum atomic E-state index is -0.267. The van der Waals surface area contributed by atoms with E-state index in [2.05, 4.69) is 49.2 Å². The third-order valence-corrected chi connectivity index (χ3v) is 6.77. The molecule has 0 bridgehead atoms. The van der Waals surface area contributed by atoms with Crippen LogP contribution in [0.1, 0.15) is 31.3 Å². The van der Waals surface area contributed by atoms with E-state index in [1.807, 2.05) is 20.0 Å². The Labute approximate surface area is 212 Å². The minimum absolute atomic E-state index is 0.254. The molecule has 0 saturated carbocycles. The number of ether oxygens (including phenoxy) is 1. The van der Waals surface area contributed by atoms with Gasteiger partial charge >= 0.3 is 0 Å². The van der Waals surface area contributed by atoms with Gasteiger partial charge in [-0.3, -0.25) is 9.48 Å². The van der Waals surface area contributed by atoms with Crippen molar-refractivity contribution in [1.29, 1.82) is 0 Å². The Morgan fingerprint density at radius 3 is 2.68 bits per heavy atom. The number of aromatic amines is 2. The summed E-state index contributed by atoms with van der Waals surface area (Å²) in [4.78, 5) is 35.8. The van der Waals surface area contributed by atoms with Crippen LogP contribution in [0.4, 0.5) is 11.4 Å². The highest BCUT2D eigenvalue weighted by Gasteiger charge is 2.23. The Kier molecular flexibility index (Phi) is 5.84. The van der Waals surface area contributed by atoms with Crippen molar-refractivity contribution in [3.63, 3.8) is 0 Å². The molecule has 1 aromatic carbocycles. The van der Waals surface area contributed by atoms with Crippen molar-refractivity contribution < 1.29 is 4.74 Å². The van der Waals surface area contributed by atoms with Gasteiger partial charge in [0, 0.05) is 43.9 Å². The number of anilines is 2. The highest BCUT2D eigenvalue weighted by molar-refractivity contribution is 5.97. The highest BCUT2D eigenvalue weighted by atomic mass is 16.5. The van der Waals surface area contributed by atoms with Gasteiger partial charge in [0.15, 0.2) is 0 Å². The van der Waals surface area contributed by atoms with Crippen molar-refractivity contribution in [2.75, 3.05) is 36.5 Å². The molecule has 1 fully saturated rings. The van der Waals surface area contributed by atoms with Crippen LogP contribution in [0.15, 0.2) is 41.6 Å². The van der Waals surface area contributed by atoms with Crippen molar-refractivity contribution in [1.82, 2.24) is 34.7 Å². The largest absolute Gasteiger partial charge is 0.378 e. The van der Waals surface area contributed by atoms with Crippen LogP contribution >= 0.6 is 0 Å². The van der Waals surface area contributed by atoms with Crippen LogP contribution in [-0.4, -0.2) is 61.0 Å². The summed E-state index contributed by atoms with van der Waals surface area (Å²) in [5.74, 6) is 1.10. The third-order valence-electron chi connectivity index (χ3n) is 6.77. The van der Waals surface area contributed by atoms with E-state index in [9.17, 15) is 4.79 Å². The Morgan fingerprint density at radius 1 is 1.14 bits per heavy atom. The van der Waals surface area contributed by atoms with Gasteiger partial charge < -0.3 is 24.9 Å². The van der Waals surface area contributed by atoms with Gasteiger partial charge in [-0.1, -0.05) is 0 Å². The van der Waals surface area contributed by atoms with E-state index in [1.54, 1.807) is 23.1 Å². The van der Waals surface area contributed by atoms with Gasteiger partial charge in [0.2, 0.25) is 0 Å². The van der Waals surface area contributed by atoms with Crippen LogP contribution in [0.25, 0.3) is 33.5 Å². The Bertz CT molecular complexity index is 1630. The predicted octanol–water partition coefficient (Wildman–Crippen LogP) is 3.40. The smallest absolute Gasteiger partial charge is 0.261 e. The average molecular weight is 500 g/mol. The van der Waals surface area contributed by atoms with Gasteiger partial charge in [0.1, 0.15) is 22.7 Å². The summed E-state index contributed by atoms with van der Waals surface area (Å²) >= 11 is 0. The van der Waals surface area contributed by atoms with Crippen molar-refractivity contribution in [2.45, 2.75) is 33.4 Å². The quantitative estimate of drug-likeness (QED) is 0.324. The maximum atomic E-state index is 13.5. The van der Waals surface area contributed by atoms with Gasteiger partial charge in [-0.25, -0.2) is 15.0 Å². The zero-order valence-corrected chi connectivity index (χ0v) is 21.1. The summed E-state index contributed by atoms with van der Waals surface area (Å²) in [5, 5.41) is 8.19. The fraction of sp³-hybridized carbons (Fsp3) is 0.346. The molecule has 190 valence electrons. The van der Waals surface area contributed by atoms with Crippen molar-refractivity contribution in [3.8, 4) is 11.4 Å². The summed E-state index contributed by atoms with van der Waals surface area (Å²) < 4.78 is 7.32. The number of imidazole rings is 1. The number of nitrogens with zero attached hydrogens (tertiary/aromatic N) is 6. The van der Waals surface area contributed by atoms with E-state index in [1.165, 1.54) is 0 Å². The number of aryl methyl sites for hydroxylation is 2. The molecular formula is C26H29N9O2. The number of pyridine rings is 1. The second kappa shape index (κ2) is 9.32. The number of benzene rings is 1. The van der Waals surface area contributed by atoms with Gasteiger partial charge in [0.25, 0.3) is 5.56 Å². The van der Waals surface area contributed by atoms with Crippen molar-refractivity contribution in [3.05, 3.63) is 58.5 Å². The first-order valence-corrected chi connectivity index (χ1v) is 12.5. The number of morpholine rings is 1. The maximum absolute atomic E-state index is 13.5. The molecule has 4 aromatic heterocycles. The molecule has 5 heterocycles. The zero-order chi connectivity index (χ0) is 25.5. The van der Waals surface area contributed by atoms with Gasteiger partial charge in [-0.05, 0) is 44.5 Å². The molecule has 1 atom stereocenters. The number of nitrogens with one attached hydrogen (secondary N) is 3. The van der Waals surface area contributed by atoms with Gasteiger partial charge in [0.05, 0.1) is 41.5 Å². The number of hydrogen-bond donors (Lipinski definition) is 3. The molecule has 0 aliphatic carbocycles. The lowest BCUT2D eigenvalue weighted by Gasteiger charge is -2.30. The maximum Gasteiger partial charge on any atom is 0.261 e. The minimum Gasteiger partial charge on any atom is -0.378 e. The standard InChI is InChI=1S/C26H29N9O2/c1-4-35-14-19-22(33-35)23(29-16(3)24-27-6-5-7-28-24)21(26(36)32-19)25-30-17-12-15(2)20(13-18(17)31-25)34-8-10-37-11-9-34/h5-7,12-14,16,29H,4,8-11H2,1-3H3,(H,30,31)(H,32,36)/t16-/m0/s1. The number of aromatic nitrogens is 7. The number of fused-ring (bicyclic) bond motifs is 2. The number of H-pyrrole nitrogens is 2. The van der Waals surface area contributed by atoms with Crippen LogP contribution in [0, 0.1) is 6.92 Å². The fourth-order valence-corrected chi connectivity index (χ4v) is 4.87. The first kappa shape index (κ1) is 23.2. The van der Waals surface area contributed by atoms with Crippen molar-refractivity contribution in [2.24, 2.45) is 0 Å². The molecule has 11 nitrogen and oxygen atoms in total. The van der Waals surface area contributed by atoms with Crippen molar-refractivity contribution >= 4 is 33.4 Å². The summed E-state index contributed by atoms with van der Waals surface area (Å²) in [6, 6.07) is 5.68. The Balaban J connectivity index is 1.50. The molecule has 0 spiro atoms. The molecule has 0 radical (unpaired) electrons. The monoisotopic (exact) mass is 499 g/mol. The lowest BCUT2D eigenvalue weighted by Crippen LogP contribution is -2.36. The molecule has 1 aliphatic rings. The lowest BCUT2D eigenvalue weighted by atomic mass is 10.1. The Hall–Kier alpha value is -4.25. The summed E-state index contributed by atoms with van der Waals surface area (Å²) in [6.45, 7) is 9.84. The average Bonchev–Trinajstić information content (AvgIpc) is 3.52. The first-order valence-electron chi connectivity index (χ1n) is 12.5. The van der Waals surface area contributed by atoms with E-state index < -0.39 is 0 Å². The first-order chi connectivity index (χ1) is 18.0. The predicted molar refractivity (Wildman–Crippen MR) is 143 cm³/mol. The normalized spacial score (nSPS) is 14.9. The molecule has 1 saturated heterocycles. The van der Waals surface area contributed by atoms with Crippen LogP contribution in [0.3, 0.4) is 0 Å². The molecule has 11 heteroatoms.